The molecule has 4 nitrogen and oxygen atoms in total. The Kier molecular flexibility index (Phi) is 4.88. The number of rotatable bonds is 4. The Labute approximate surface area is 162 Å². The summed E-state index contributed by atoms with van der Waals surface area (Å²) >= 11 is 3.56. The van der Waals surface area contributed by atoms with Crippen LogP contribution in [0.5, 0.6) is 0 Å². The first-order valence-electron chi connectivity index (χ1n) is 8.81. The number of carbonyl (C=O) groups excluding carboxylic acids is 1. The standard InChI is InChI=1S/C20H22N2O2S2/c1-11-17-15(8-9-16-18(17)22-12(2)26-16)24-19(11)20(23)21-10-13-4-6-14(25-3)7-5-13/h4-7,16,18H,8-10H2,1-3H3,(H,21,23)/t16-,18-/m1/s1. The maximum Gasteiger partial charge on any atom is 0.287 e. The number of aryl methyl sites for hydroxylation is 1. The molecule has 1 aromatic heterocycles. The molecular weight excluding hydrogens is 364 g/mol. The van der Waals surface area contributed by atoms with E-state index in [2.05, 4.69) is 30.6 Å². The molecular formula is C20H22N2O2S2. The van der Waals surface area contributed by atoms with Crippen molar-refractivity contribution in [3.8, 4) is 0 Å². The first kappa shape index (κ1) is 17.7. The van der Waals surface area contributed by atoms with Crippen LogP contribution in [-0.4, -0.2) is 22.5 Å². The predicted octanol–water partition coefficient (Wildman–Crippen LogP) is 4.76. The smallest absolute Gasteiger partial charge is 0.287 e. The van der Waals surface area contributed by atoms with E-state index in [1.807, 2.05) is 30.8 Å². The Hall–Kier alpha value is -1.66. The van der Waals surface area contributed by atoms with Crippen molar-refractivity contribution in [3.63, 3.8) is 0 Å². The van der Waals surface area contributed by atoms with Gasteiger partial charge in [-0.05, 0) is 44.2 Å². The minimum atomic E-state index is -0.145. The van der Waals surface area contributed by atoms with Gasteiger partial charge < -0.3 is 9.73 Å². The lowest BCUT2D eigenvalue weighted by Crippen LogP contribution is -2.23. The zero-order valence-electron chi connectivity index (χ0n) is 15.2. The van der Waals surface area contributed by atoms with Crippen molar-refractivity contribution in [2.24, 2.45) is 4.99 Å². The lowest BCUT2D eigenvalue weighted by atomic mass is 9.90. The first-order valence-corrected chi connectivity index (χ1v) is 10.9. The molecule has 1 aliphatic carbocycles. The summed E-state index contributed by atoms with van der Waals surface area (Å²) in [6, 6.07) is 8.38. The summed E-state index contributed by atoms with van der Waals surface area (Å²) in [5.74, 6) is 1.24. The molecule has 1 N–H and O–H groups in total. The van der Waals surface area contributed by atoms with Gasteiger partial charge in [0.05, 0.1) is 11.1 Å². The fourth-order valence-electron chi connectivity index (χ4n) is 3.71. The van der Waals surface area contributed by atoms with Crippen LogP contribution < -0.4 is 5.32 Å². The molecule has 0 fully saturated rings. The van der Waals surface area contributed by atoms with Gasteiger partial charge in [-0.3, -0.25) is 9.79 Å². The van der Waals surface area contributed by atoms with Crippen molar-refractivity contribution in [3.05, 3.63) is 52.5 Å². The first-order chi connectivity index (χ1) is 12.6. The lowest BCUT2D eigenvalue weighted by Gasteiger charge is -2.22. The number of furan rings is 1. The van der Waals surface area contributed by atoms with Crippen LogP contribution in [0, 0.1) is 6.92 Å². The number of benzene rings is 1. The SMILES string of the molecule is CSc1ccc(CNC(=O)c2oc3c(c2C)[C@@H]2N=C(C)S[C@@H]2CC3)cc1. The second-order valence-corrected chi connectivity index (χ2v) is 9.02. The molecule has 0 bridgehead atoms. The quantitative estimate of drug-likeness (QED) is 0.770. The minimum Gasteiger partial charge on any atom is -0.455 e. The Balaban J connectivity index is 1.51. The number of hydrogen-bond acceptors (Lipinski definition) is 5. The molecule has 0 unspecified atom stereocenters. The number of fused-ring (bicyclic) bond motifs is 3. The average molecular weight is 387 g/mol. The van der Waals surface area contributed by atoms with Gasteiger partial charge in [-0.2, -0.15) is 0 Å². The van der Waals surface area contributed by atoms with Gasteiger partial charge in [0.1, 0.15) is 5.76 Å². The fourth-order valence-corrected chi connectivity index (χ4v) is 5.30. The molecule has 136 valence electrons. The minimum absolute atomic E-state index is 0.145. The zero-order chi connectivity index (χ0) is 18.3. The third kappa shape index (κ3) is 3.21. The number of hydrogen-bond donors (Lipinski definition) is 1. The monoisotopic (exact) mass is 386 g/mol. The van der Waals surface area contributed by atoms with Crippen molar-refractivity contribution in [1.82, 2.24) is 5.32 Å². The van der Waals surface area contributed by atoms with Crippen molar-refractivity contribution < 1.29 is 9.21 Å². The molecule has 1 amide bonds. The Morgan fingerprint density at radius 3 is 2.85 bits per heavy atom. The van der Waals surface area contributed by atoms with Gasteiger partial charge in [0.2, 0.25) is 0 Å². The second-order valence-electron chi connectivity index (χ2n) is 6.71. The van der Waals surface area contributed by atoms with Gasteiger partial charge in [0.15, 0.2) is 5.76 Å². The molecule has 26 heavy (non-hydrogen) atoms. The van der Waals surface area contributed by atoms with E-state index in [1.54, 1.807) is 11.8 Å². The highest BCUT2D eigenvalue weighted by Crippen LogP contribution is 2.47. The van der Waals surface area contributed by atoms with Gasteiger partial charge in [-0.1, -0.05) is 12.1 Å². The van der Waals surface area contributed by atoms with E-state index in [-0.39, 0.29) is 11.9 Å². The third-order valence-electron chi connectivity index (χ3n) is 5.04. The molecule has 2 aromatic rings. The van der Waals surface area contributed by atoms with Crippen molar-refractivity contribution >= 4 is 34.5 Å². The Morgan fingerprint density at radius 1 is 1.35 bits per heavy atom. The number of thioether (sulfide) groups is 2. The van der Waals surface area contributed by atoms with Crippen molar-refractivity contribution in [2.45, 2.75) is 49.4 Å². The maximum atomic E-state index is 12.7. The summed E-state index contributed by atoms with van der Waals surface area (Å²) in [6.45, 7) is 4.55. The molecule has 0 saturated carbocycles. The summed E-state index contributed by atoms with van der Waals surface area (Å²) in [7, 11) is 0. The van der Waals surface area contributed by atoms with Gasteiger partial charge in [0, 0.05) is 34.2 Å². The zero-order valence-corrected chi connectivity index (χ0v) is 16.8. The third-order valence-corrected chi connectivity index (χ3v) is 7.02. The van der Waals surface area contributed by atoms with Gasteiger partial charge >= 0.3 is 0 Å². The summed E-state index contributed by atoms with van der Waals surface area (Å²) in [5, 5.41) is 4.61. The highest BCUT2D eigenvalue weighted by atomic mass is 32.2. The van der Waals surface area contributed by atoms with E-state index in [0.29, 0.717) is 17.6 Å². The molecule has 0 saturated heterocycles. The normalized spacial score (nSPS) is 21.1. The Morgan fingerprint density at radius 2 is 2.12 bits per heavy atom. The van der Waals surface area contributed by atoms with Gasteiger partial charge in [0.25, 0.3) is 5.91 Å². The number of nitrogens with one attached hydrogen (secondary N) is 1. The summed E-state index contributed by atoms with van der Waals surface area (Å²) in [4.78, 5) is 18.7. The lowest BCUT2D eigenvalue weighted by molar-refractivity contribution is 0.0920. The molecule has 2 atom stereocenters. The van der Waals surface area contributed by atoms with Crippen LogP contribution in [0.15, 0.2) is 38.6 Å². The average Bonchev–Trinajstić information content (AvgIpc) is 3.19. The molecule has 0 radical (unpaired) electrons. The number of carbonyl (C=O) groups is 1. The van der Waals surface area contributed by atoms with Crippen LogP contribution in [0.4, 0.5) is 0 Å². The molecule has 1 aromatic carbocycles. The van der Waals surface area contributed by atoms with Crippen LogP contribution in [-0.2, 0) is 13.0 Å². The molecule has 4 rings (SSSR count). The predicted molar refractivity (Wildman–Crippen MR) is 108 cm³/mol. The van der Waals surface area contributed by atoms with Crippen LogP contribution in [0.1, 0.15) is 52.4 Å². The van der Waals surface area contributed by atoms with Gasteiger partial charge in [-0.25, -0.2) is 0 Å². The fraction of sp³-hybridized carbons (Fsp3) is 0.400. The highest BCUT2D eigenvalue weighted by molar-refractivity contribution is 8.14. The van der Waals surface area contributed by atoms with Crippen LogP contribution >= 0.6 is 23.5 Å². The molecule has 6 heteroatoms. The van der Waals surface area contributed by atoms with E-state index >= 15 is 0 Å². The summed E-state index contributed by atoms with van der Waals surface area (Å²) in [5.41, 5.74) is 3.17. The van der Waals surface area contributed by atoms with Gasteiger partial charge in [-0.15, -0.1) is 23.5 Å². The topological polar surface area (TPSA) is 54.6 Å². The van der Waals surface area contributed by atoms with Crippen molar-refractivity contribution in [2.75, 3.05) is 6.26 Å². The summed E-state index contributed by atoms with van der Waals surface area (Å²) in [6.07, 6.45) is 3.99. The van der Waals surface area contributed by atoms with E-state index in [4.69, 9.17) is 9.41 Å². The summed E-state index contributed by atoms with van der Waals surface area (Å²) < 4.78 is 5.97. The van der Waals surface area contributed by atoms with E-state index in [9.17, 15) is 4.79 Å². The number of nitrogens with zero attached hydrogens (tertiary/aromatic N) is 1. The Bertz CT molecular complexity index is 871. The number of amides is 1. The molecule has 2 aliphatic rings. The van der Waals surface area contributed by atoms with Crippen LogP contribution in [0.3, 0.4) is 0 Å². The number of aliphatic imine (C=N–C) groups is 1. The molecule has 1 aliphatic heterocycles. The molecule has 0 spiro atoms. The van der Waals surface area contributed by atoms with Crippen LogP contribution in [0.2, 0.25) is 0 Å². The van der Waals surface area contributed by atoms with E-state index in [1.165, 1.54) is 4.90 Å². The maximum absolute atomic E-state index is 12.7. The highest BCUT2D eigenvalue weighted by Gasteiger charge is 2.39. The van der Waals surface area contributed by atoms with E-state index in [0.717, 1.165) is 40.3 Å². The molecule has 2 heterocycles. The van der Waals surface area contributed by atoms with Crippen molar-refractivity contribution in [1.29, 1.82) is 0 Å². The second kappa shape index (κ2) is 7.16. The largest absolute Gasteiger partial charge is 0.455 e. The van der Waals surface area contributed by atoms with E-state index < -0.39 is 0 Å². The van der Waals surface area contributed by atoms with Crippen LogP contribution in [0.25, 0.3) is 0 Å².